The molecule has 0 bridgehead atoms. The van der Waals surface area contributed by atoms with E-state index in [4.69, 9.17) is 10.3 Å². The second kappa shape index (κ2) is 9.44. The molecule has 0 aliphatic rings. The minimum atomic E-state index is 0.413. The minimum absolute atomic E-state index is 0.413. The standard InChI is InChI=1S/C25H31N7O/c1-14(2)10-17-13-20(18-8-6-7-9-19(18)25-28-31-32-29-25)21(11-15(3)4)24(23(17)26)27-22-12-16(5)33-30-22/h6-9,12-15H,10-11,26H2,1-5H3,(H,27,30)(H,28,29,31,32). The van der Waals surface area contributed by atoms with Crippen LogP contribution in [-0.2, 0) is 12.8 Å². The maximum absolute atomic E-state index is 6.78. The number of anilines is 3. The van der Waals surface area contributed by atoms with E-state index in [0.717, 1.165) is 57.8 Å². The van der Waals surface area contributed by atoms with Gasteiger partial charge in [-0.3, -0.25) is 0 Å². The average Bonchev–Trinajstić information content (AvgIpc) is 3.44. The zero-order chi connectivity index (χ0) is 23.5. The number of aromatic nitrogens is 5. The number of hydrogen-bond donors (Lipinski definition) is 3. The molecule has 8 heteroatoms. The summed E-state index contributed by atoms with van der Waals surface area (Å²) < 4.78 is 5.30. The van der Waals surface area contributed by atoms with Crippen molar-refractivity contribution in [1.82, 2.24) is 25.8 Å². The largest absolute Gasteiger partial charge is 0.397 e. The number of hydrogen-bond acceptors (Lipinski definition) is 7. The van der Waals surface area contributed by atoms with E-state index in [1.807, 2.05) is 31.2 Å². The number of nitrogens with one attached hydrogen (secondary N) is 2. The predicted octanol–water partition coefficient (Wildman–Crippen LogP) is 5.55. The molecular formula is C25H31N7O. The van der Waals surface area contributed by atoms with E-state index >= 15 is 0 Å². The Balaban J connectivity index is 1.98. The first-order valence-electron chi connectivity index (χ1n) is 11.3. The van der Waals surface area contributed by atoms with Crippen LogP contribution in [0.25, 0.3) is 22.5 Å². The van der Waals surface area contributed by atoms with Crippen LogP contribution in [0.5, 0.6) is 0 Å². The van der Waals surface area contributed by atoms with Crippen molar-refractivity contribution >= 4 is 17.2 Å². The highest BCUT2D eigenvalue weighted by molar-refractivity contribution is 5.90. The molecule has 0 saturated heterocycles. The Kier molecular flexibility index (Phi) is 6.44. The van der Waals surface area contributed by atoms with Gasteiger partial charge in [0.2, 0.25) is 5.82 Å². The Morgan fingerprint density at radius 2 is 1.73 bits per heavy atom. The maximum Gasteiger partial charge on any atom is 0.205 e. The molecule has 0 unspecified atom stereocenters. The van der Waals surface area contributed by atoms with Gasteiger partial charge in [-0.2, -0.15) is 5.21 Å². The van der Waals surface area contributed by atoms with Crippen LogP contribution in [0.15, 0.2) is 40.9 Å². The number of benzene rings is 2. The molecule has 4 aromatic rings. The number of nitrogen functional groups attached to an aromatic ring is 1. The van der Waals surface area contributed by atoms with Crippen LogP contribution in [-0.4, -0.2) is 25.8 Å². The van der Waals surface area contributed by atoms with Crippen LogP contribution in [0.2, 0.25) is 0 Å². The van der Waals surface area contributed by atoms with Crippen LogP contribution in [0.3, 0.4) is 0 Å². The predicted molar refractivity (Wildman–Crippen MR) is 131 cm³/mol. The number of nitrogens with zero attached hydrogens (tertiary/aromatic N) is 4. The summed E-state index contributed by atoms with van der Waals surface area (Å²) in [6, 6.07) is 12.2. The number of nitrogens with two attached hydrogens (primary N) is 1. The van der Waals surface area contributed by atoms with Gasteiger partial charge in [-0.25, -0.2) is 0 Å². The van der Waals surface area contributed by atoms with Gasteiger partial charge in [0.25, 0.3) is 0 Å². The van der Waals surface area contributed by atoms with Crippen LogP contribution in [0.1, 0.15) is 44.6 Å². The molecule has 2 heterocycles. The zero-order valence-corrected chi connectivity index (χ0v) is 19.8. The van der Waals surface area contributed by atoms with Crippen molar-refractivity contribution in [3.05, 3.63) is 53.3 Å². The topological polar surface area (TPSA) is 119 Å². The summed E-state index contributed by atoms with van der Waals surface area (Å²) in [6.07, 6.45) is 1.69. The fourth-order valence-electron chi connectivity index (χ4n) is 4.15. The van der Waals surface area contributed by atoms with Crippen molar-refractivity contribution < 1.29 is 4.52 Å². The first kappa shape index (κ1) is 22.5. The van der Waals surface area contributed by atoms with E-state index in [1.54, 1.807) is 0 Å². The molecule has 8 nitrogen and oxygen atoms in total. The van der Waals surface area contributed by atoms with Gasteiger partial charge in [0.15, 0.2) is 5.82 Å². The van der Waals surface area contributed by atoms with Gasteiger partial charge in [-0.05, 0) is 65.1 Å². The number of H-pyrrole nitrogens is 1. The Morgan fingerprint density at radius 1 is 1.00 bits per heavy atom. The molecule has 0 amide bonds. The summed E-state index contributed by atoms with van der Waals surface area (Å²) in [6.45, 7) is 10.7. The second-order valence-electron chi connectivity index (χ2n) is 9.28. The Labute approximate surface area is 194 Å². The lowest BCUT2D eigenvalue weighted by Crippen LogP contribution is -2.10. The molecule has 0 spiro atoms. The molecule has 0 aliphatic heterocycles. The summed E-state index contributed by atoms with van der Waals surface area (Å²) in [4.78, 5) is 0. The molecule has 2 aromatic carbocycles. The monoisotopic (exact) mass is 445 g/mol. The van der Waals surface area contributed by atoms with Crippen LogP contribution in [0, 0.1) is 18.8 Å². The van der Waals surface area contributed by atoms with Crippen molar-refractivity contribution in [2.24, 2.45) is 11.8 Å². The molecule has 4 rings (SSSR count). The molecular weight excluding hydrogens is 414 g/mol. The highest BCUT2D eigenvalue weighted by Crippen LogP contribution is 2.42. The summed E-state index contributed by atoms with van der Waals surface area (Å²) in [5.74, 6) is 2.80. The molecule has 0 aliphatic carbocycles. The third kappa shape index (κ3) is 4.89. The van der Waals surface area contributed by atoms with E-state index < -0.39 is 0 Å². The molecule has 0 fully saturated rings. The smallest absolute Gasteiger partial charge is 0.205 e. The third-order valence-electron chi connectivity index (χ3n) is 5.49. The number of tetrazole rings is 1. The molecule has 4 N–H and O–H groups in total. The number of aromatic amines is 1. The van der Waals surface area contributed by atoms with Crippen LogP contribution in [0.4, 0.5) is 17.2 Å². The van der Waals surface area contributed by atoms with Crippen molar-refractivity contribution in [2.45, 2.75) is 47.5 Å². The third-order valence-corrected chi connectivity index (χ3v) is 5.49. The van der Waals surface area contributed by atoms with Gasteiger partial charge in [0, 0.05) is 11.6 Å². The van der Waals surface area contributed by atoms with Crippen molar-refractivity contribution in [3.63, 3.8) is 0 Å². The fraction of sp³-hybridized carbons (Fsp3) is 0.360. The summed E-state index contributed by atoms with van der Waals surface area (Å²) in [5.41, 5.74) is 13.7. The van der Waals surface area contributed by atoms with Gasteiger partial charge in [-0.1, -0.05) is 57.1 Å². The average molecular weight is 446 g/mol. The van der Waals surface area contributed by atoms with E-state index in [9.17, 15) is 0 Å². The maximum atomic E-state index is 6.78. The normalized spacial score (nSPS) is 11.5. The lowest BCUT2D eigenvalue weighted by atomic mass is 9.86. The lowest BCUT2D eigenvalue weighted by Gasteiger charge is -2.23. The Hall–Kier alpha value is -3.68. The minimum Gasteiger partial charge on any atom is -0.397 e. The van der Waals surface area contributed by atoms with E-state index in [1.165, 1.54) is 0 Å². The van der Waals surface area contributed by atoms with Crippen molar-refractivity contribution in [2.75, 3.05) is 11.1 Å². The number of rotatable bonds is 8. The molecule has 33 heavy (non-hydrogen) atoms. The summed E-state index contributed by atoms with van der Waals surface area (Å²) in [7, 11) is 0. The molecule has 2 aromatic heterocycles. The van der Waals surface area contributed by atoms with Crippen molar-refractivity contribution in [1.29, 1.82) is 0 Å². The van der Waals surface area contributed by atoms with Crippen LogP contribution >= 0.6 is 0 Å². The first-order chi connectivity index (χ1) is 15.8. The fourth-order valence-corrected chi connectivity index (χ4v) is 4.15. The Morgan fingerprint density at radius 3 is 2.33 bits per heavy atom. The lowest BCUT2D eigenvalue weighted by molar-refractivity contribution is 0.400. The highest BCUT2D eigenvalue weighted by atomic mass is 16.5. The SMILES string of the molecule is Cc1cc(Nc2c(N)c(CC(C)C)cc(-c3ccccc3-c3nn[nH]n3)c2CC(C)C)no1. The molecule has 0 atom stereocenters. The summed E-state index contributed by atoms with van der Waals surface area (Å²) in [5, 5.41) is 22.4. The van der Waals surface area contributed by atoms with Gasteiger partial charge in [0.05, 0.1) is 11.4 Å². The quantitative estimate of drug-likeness (QED) is 0.304. The van der Waals surface area contributed by atoms with E-state index in [2.05, 4.69) is 70.9 Å². The first-order valence-corrected chi connectivity index (χ1v) is 11.3. The second-order valence-corrected chi connectivity index (χ2v) is 9.28. The van der Waals surface area contributed by atoms with E-state index in [-0.39, 0.29) is 0 Å². The Bertz CT molecular complexity index is 1230. The highest BCUT2D eigenvalue weighted by Gasteiger charge is 2.22. The molecule has 0 radical (unpaired) electrons. The zero-order valence-electron chi connectivity index (χ0n) is 19.8. The van der Waals surface area contributed by atoms with Crippen molar-refractivity contribution in [3.8, 4) is 22.5 Å². The van der Waals surface area contributed by atoms with Gasteiger partial charge >= 0.3 is 0 Å². The van der Waals surface area contributed by atoms with Gasteiger partial charge in [-0.15, -0.1) is 10.2 Å². The van der Waals surface area contributed by atoms with Gasteiger partial charge in [0.1, 0.15) is 5.76 Å². The number of aryl methyl sites for hydroxylation is 1. The van der Waals surface area contributed by atoms with Gasteiger partial charge < -0.3 is 15.6 Å². The van der Waals surface area contributed by atoms with Crippen LogP contribution < -0.4 is 11.1 Å². The van der Waals surface area contributed by atoms with E-state index in [0.29, 0.717) is 23.5 Å². The summed E-state index contributed by atoms with van der Waals surface area (Å²) >= 11 is 0. The molecule has 0 saturated carbocycles. The molecule has 172 valence electrons.